The third kappa shape index (κ3) is 2.26. The Morgan fingerprint density at radius 2 is 2.11 bits per heavy atom. The molecule has 3 nitrogen and oxygen atoms in total. The SMILES string of the molecule is CCn1nccc1C(NC)c1cc(F)ccc1F. The van der Waals surface area contributed by atoms with E-state index in [1.807, 2.05) is 6.92 Å². The number of hydrogen-bond acceptors (Lipinski definition) is 2. The number of nitrogens with zero attached hydrogens (tertiary/aromatic N) is 2. The molecular formula is C13H15F2N3. The Hall–Kier alpha value is -1.75. The van der Waals surface area contributed by atoms with Crippen LogP contribution in [0.1, 0.15) is 24.2 Å². The summed E-state index contributed by atoms with van der Waals surface area (Å²) in [5.41, 5.74) is 1.09. The number of hydrogen-bond donors (Lipinski definition) is 1. The molecule has 96 valence electrons. The maximum atomic E-state index is 13.8. The van der Waals surface area contributed by atoms with Crippen molar-refractivity contribution < 1.29 is 8.78 Å². The second kappa shape index (κ2) is 5.27. The molecule has 1 aromatic heterocycles. The zero-order valence-corrected chi connectivity index (χ0v) is 10.3. The topological polar surface area (TPSA) is 29.9 Å². The van der Waals surface area contributed by atoms with Crippen LogP contribution < -0.4 is 5.32 Å². The Balaban J connectivity index is 2.48. The maximum Gasteiger partial charge on any atom is 0.128 e. The molecule has 0 bridgehead atoms. The minimum atomic E-state index is -0.450. The molecule has 0 aliphatic carbocycles. The van der Waals surface area contributed by atoms with Gasteiger partial charge in [-0.3, -0.25) is 4.68 Å². The fourth-order valence-corrected chi connectivity index (χ4v) is 2.05. The lowest BCUT2D eigenvalue weighted by molar-refractivity contribution is 0.525. The zero-order valence-electron chi connectivity index (χ0n) is 10.3. The zero-order chi connectivity index (χ0) is 13.1. The average molecular weight is 251 g/mol. The normalized spacial score (nSPS) is 12.7. The van der Waals surface area contributed by atoms with Gasteiger partial charge in [-0.25, -0.2) is 8.78 Å². The molecule has 0 saturated heterocycles. The molecule has 0 aliphatic rings. The first kappa shape index (κ1) is 12.7. The summed E-state index contributed by atoms with van der Waals surface area (Å²) in [6.45, 7) is 2.63. The van der Waals surface area contributed by atoms with Crippen molar-refractivity contribution in [2.45, 2.75) is 19.5 Å². The highest BCUT2D eigenvalue weighted by atomic mass is 19.1. The van der Waals surface area contributed by atoms with E-state index in [-0.39, 0.29) is 5.56 Å². The molecule has 0 aliphatic heterocycles. The van der Waals surface area contributed by atoms with Crippen molar-refractivity contribution in [1.82, 2.24) is 15.1 Å². The minimum absolute atomic E-state index is 0.285. The molecule has 1 N–H and O–H groups in total. The fraction of sp³-hybridized carbons (Fsp3) is 0.308. The van der Waals surface area contributed by atoms with Crippen LogP contribution in [-0.4, -0.2) is 16.8 Å². The highest BCUT2D eigenvalue weighted by Crippen LogP contribution is 2.24. The van der Waals surface area contributed by atoms with Crippen molar-refractivity contribution >= 4 is 0 Å². The summed E-state index contributed by atoms with van der Waals surface area (Å²) < 4.78 is 28.8. The van der Waals surface area contributed by atoms with Crippen molar-refractivity contribution in [2.75, 3.05) is 7.05 Å². The number of rotatable bonds is 4. The molecule has 1 heterocycles. The molecule has 5 heteroatoms. The van der Waals surface area contributed by atoms with Crippen LogP contribution in [0.25, 0.3) is 0 Å². The van der Waals surface area contributed by atoms with Gasteiger partial charge in [0.05, 0.1) is 11.7 Å². The molecule has 0 saturated carbocycles. The van der Waals surface area contributed by atoms with Gasteiger partial charge in [0.25, 0.3) is 0 Å². The van der Waals surface area contributed by atoms with Gasteiger partial charge in [-0.15, -0.1) is 0 Å². The van der Waals surface area contributed by atoms with Crippen molar-refractivity contribution in [3.63, 3.8) is 0 Å². The minimum Gasteiger partial charge on any atom is -0.308 e. The van der Waals surface area contributed by atoms with Gasteiger partial charge in [0, 0.05) is 18.3 Å². The van der Waals surface area contributed by atoms with Gasteiger partial charge in [-0.05, 0) is 38.2 Å². The van der Waals surface area contributed by atoms with Crippen LogP contribution in [0.2, 0.25) is 0 Å². The maximum absolute atomic E-state index is 13.8. The molecule has 0 radical (unpaired) electrons. The van der Waals surface area contributed by atoms with E-state index >= 15 is 0 Å². The Bertz CT molecular complexity index is 537. The van der Waals surface area contributed by atoms with Gasteiger partial charge in [-0.2, -0.15) is 5.10 Å². The van der Waals surface area contributed by atoms with Gasteiger partial charge >= 0.3 is 0 Å². The predicted octanol–water partition coefficient (Wildman–Crippen LogP) is 2.49. The van der Waals surface area contributed by atoms with Gasteiger partial charge in [0.1, 0.15) is 11.6 Å². The van der Waals surface area contributed by atoms with Crippen molar-refractivity contribution in [3.05, 3.63) is 53.4 Å². The monoisotopic (exact) mass is 251 g/mol. The summed E-state index contributed by atoms with van der Waals surface area (Å²) in [4.78, 5) is 0. The first-order valence-corrected chi connectivity index (χ1v) is 5.81. The average Bonchev–Trinajstić information content (AvgIpc) is 2.83. The van der Waals surface area contributed by atoms with Crippen LogP contribution in [0.4, 0.5) is 8.78 Å². The number of halogens is 2. The second-order valence-corrected chi connectivity index (χ2v) is 3.96. The van der Waals surface area contributed by atoms with Crippen LogP contribution in [0.5, 0.6) is 0 Å². The van der Waals surface area contributed by atoms with Crippen LogP contribution in [0.15, 0.2) is 30.5 Å². The van der Waals surface area contributed by atoms with E-state index in [1.54, 1.807) is 24.0 Å². The molecule has 18 heavy (non-hydrogen) atoms. The van der Waals surface area contributed by atoms with E-state index in [0.29, 0.717) is 6.54 Å². The van der Waals surface area contributed by atoms with E-state index in [2.05, 4.69) is 10.4 Å². The highest BCUT2D eigenvalue weighted by molar-refractivity contribution is 5.29. The summed E-state index contributed by atoms with van der Waals surface area (Å²) in [6, 6.07) is 4.85. The summed E-state index contributed by atoms with van der Waals surface area (Å²) in [6.07, 6.45) is 1.65. The van der Waals surface area contributed by atoms with E-state index in [9.17, 15) is 8.78 Å². The molecule has 0 amide bonds. The van der Waals surface area contributed by atoms with Crippen LogP contribution in [-0.2, 0) is 6.54 Å². The Morgan fingerprint density at radius 1 is 1.33 bits per heavy atom. The number of nitrogens with one attached hydrogen (secondary N) is 1. The van der Waals surface area contributed by atoms with Gasteiger partial charge in [0.15, 0.2) is 0 Å². The lowest BCUT2D eigenvalue weighted by Gasteiger charge is -2.18. The molecule has 2 rings (SSSR count). The molecule has 1 unspecified atom stereocenters. The number of aromatic nitrogens is 2. The molecule has 1 atom stereocenters. The van der Waals surface area contributed by atoms with E-state index < -0.39 is 17.7 Å². The number of aryl methyl sites for hydroxylation is 1. The van der Waals surface area contributed by atoms with Crippen LogP contribution in [0.3, 0.4) is 0 Å². The smallest absolute Gasteiger partial charge is 0.128 e. The first-order chi connectivity index (χ1) is 8.67. The Labute approximate surface area is 104 Å². The summed E-state index contributed by atoms with van der Waals surface area (Å²) in [7, 11) is 1.71. The standard InChI is InChI=1S/C13H15F2N3/c1-3-18-12(6-7-17-18)13(16-2)10-8-9(14)4-5-11(10)15/h4-8,13,16H,3H2,1-2H3. The van der Waals surface area contributed by atoms with Gasteiger partial charge in [0.2, 0.25) is 0 Å². The third-order valence-electron chi connectivity index (χ3n) is 2.90. The summed E-state index contributed by atoms with van der Waals surface area (Å²) in [5, 5.41) is 7.14. The van der Waals surface area contributed by atoms with Crippen molar-refractivity contribution in [3.8, 4) is 0 Å². The Kier molecular flexibility index (Phi) is 3.72. The summed E-state index contributed by atoms with van der Waals surface area (Å²) in [5.74, 6) is -0.881. The fourth-order valence-electron chi connectivity index (χ4n) is 2.05. The molecule has 2 aromatic rings. The van der Waals surface area contributed by atoms with Gasteiger partial charge < -0.3 is 5.32 Å². The lowest BCUT2D eigenvalue weighted by atomic mass is 10.0. The predicted molar refractivity (Wildman–Crippen MR) is 65.2 cm³/mol. The molecule has 1 aromatic carbocycles. The molecule has 0 spiro atoms. The number of benzene rings is 1. The molecule has 0 fully saturated rings. The largest absolute Gasteiger partial charge is 0.308 e. The van der Waals surface area contributed by atoms with E-state index in [1.165, 1.54) is 6.07 Å². The van der Waals surface area contributed by atoms with Crippen LogP contribution >= 0.6 is 0 Å². The quantitative estimate of drug-likeness (QED) is 0.904. The third-order valence-corrected chi connectivity index (χ3v) is 2.90. The van der Waals surface area contributed by atoms with Crippen molar-refractivity contribution in [1.29, 1.82) is 0 Å². The second-order valence-electron chi connectivity index (χ2n) is 3.96. The van der Waals surface area contributed by atoms with Gasteiger partial charge in [-0.1, -0.05) is 0 Å². The van der Waals surface area contributed by atoms with E-state index in [0.717, 1.165) is 17.8 Å². The van der Waals surface area contributed by atoms with E-state index in [4.69, 9.17) is 0 Å². The highest BCUT2D eigenvalue weighted by Gasteiger charge is 2.20. The summed E-state index contributed by atoms with van der Waals surface area (Å²) >= 11 is 0. The molecular weight excluding hydrogens is 236 g/mol. The van der Waals surface area contributed by atoms with Crippen molar-refractivity contribution in [2.24, 2.45) is 0 Å². The lowest BCUT2D eigenvalue weighted by Crippen LogP contribution is -2.22. The Morgan fingerprint density at radius 3 is 2.78 bits per heavy atom. The van der Waals surface area contributed by atoms with Crippen LogP contribution in [0, 0.1) is 11.6 Å². The first-order valence-electron chi connectivity index (χ1n) is 5.81.